The highest BCUT2D eigenvalue weighted by atomic mass is 16.2. The number of carbonyl (C=O) groups is 3. The summed E-state index contributed by atoms with van der Waals surface area (Å²) in [5.74, 6) is 0.566. The van der Waals surface area contributed by atoms with Gasteiger partial charge in [-0.05, 0) is 36.3 Å². The number of hydrogen-bond donors (Lipinski definition) is 2. The van der Waals surface area contributed by atoms with Crippen LogP contribution in [0.5, 0.6) is 0 Å². The summed E-state index contributed by atoms with van der Waals surface area (Å²) in [5.41, 5.74) is 1.17. The van der Waals surface area contributed by atoms with Crippen molar-refractivity contribution in [2.24, 2.45) is 11.8 Å². The van der Waals surface area contributed by atoms with Gasteiger partial charge >= 0.3 is 6.03 Å². The molecule has 0 unspecified atom stereocenters. The number of nitrogens with one attached hydrogen (secondary N) is 2. The predicted octanol–water partition coefficient (Wildman–Crippen LogP) is -0.0400. The highest BCUT2D eigenvalue weighted by Crippen LogP contribution is 2.41. The normalized spacial score (nSPS) is 26.2. The summed E-state index contributed by atoms with van der Waals surface area (Å²) in [5, 5.41) is 5.29. The second kappa shape index (κ2) is 7.03. The minimum atomic E-state index is -0.492. The number of nitrogens with zero attached hydrogens (tertiary/aromatic N) is 3. The summed E-state index contributed by atoms with van der Waals surface area (Å²) in [7, 11) is 0. The maximum Gasteiger partial charge on any atom is 0.325 e. The maximum atomic E-state index is 12.4. The van der Waals surface area contributed by atoms with Crippen LogP contribution in [0.2, 0.25) is 0 Å². The van der Waals surface area contributed by atoms with Crippen LogP contribution in [0.3, 0.4) is 0 Å². The molecule has 1 saturated carbocycles. The second-order valence-corrected chi connectivity index (χ2v) is 7.44. The predicted molar refractivity (Wildman–Crippen MR) is 92.8 cm³/mol. The van der Waals surface area contributed by atoms with E-state index in [9.17, 15) is 14.4 Å². The molecule has 2 aliphatic heterocycles. The van der Waals surface area contributed by atoms with Crippen LogP contribution < -0.4 is 10.6 Å². The summed E-state index contributed by atoms with van der Waals surface area (Å²) in [6, 6.07) is 3.60. The Morgan fingerprint density at radius 3 is 2.81 bits per heavy atom. The Hall–Kier alpha value is -2.48. The summed E-state index contributed by atoms with van der Waals surface area (Å²) in [4.78, 5) is 43.0. The molecule has 0 radical (unpaired) electrons. The molecular weight excluding hydrogens is 334 g/mol. The van der Waals surface area contributed by atoms with Gasteiger partial charge in [-0.1, -0.05) is 6.07 Å². The van der Waals surface area contributed by atoms with E-state index in [-0.39, 0.29) is 30.9 Å². The number of pyridine rings is 1. The number of carbonyl (C=O) groups excluding carboxylic acids is 3. The van der Waals surface area contributed by atoms with Crippen molar-refractivity contribution < 1.29 is 14.4 Å². The summed E-state index contributed by atoms with van der Waals surface area (Å²) < 4.78 is 0. The molecule has 1 aromatic heterocycles. The molecule has 3 heterocycles. The third kappa shape index (κ3) is 3.85. The van der Waals surface area contributed by atoms with Gasteiger partial charge in [-0.15, -0.1) is 0 Å². The van der Waals surface area contributed by atoms with E-state index in [0.29, 0.717) is 11.8 Å². The Morgan fingerprint density at radius 1 is 1.31 bits per heavy atom. The molecule has 1 aliphatic carbocycles. The fraction of sp³-hybridized carbons (Fsp3) is 0.556. The Kier molecular flexibility index (Phi) is 4.58. The van der Waals surface area contributed by atoms with Gasteiger partial charge in [-0.3, -0.25) is 24.8 Å². The smallest absolute Gasteiger partial charge is 0.325 e. The van der Waals surface area contributed by atoms with Gasteiger partial charge in [0.15, 0.2) is 0 Å². The highest BCUT2D eigenvalue weighted by Gasteiger charge is 2.43. The second-order valence-electron chi connectivity index (χ2n) is 7.44. The van der Waals surface area contributed by atoms with E-state index in [0.717, 1.165) is 19.6 Å². The molecule has 26 heavy (non-hydrogen) atoms. The number of amides is 4. The monoisotopic (exact) mass is 357 g/mol. The van der Waals surface area contributed by atoms with E-state index in [1.807, 2.05) is 12.3 Å². The van der Waals surface area contributed by atoms with Crippen molar-refractivity contribution in [3.63, 3.8) is 0 Å². The van der Waals surface area contributed by atoms with Gasteiger partial charge in [0.1, 0.15) is 13.1 Å². The SMILES string of the molecule is O=C1CN(CC(=O)N[C@H]2CN(Cc3cccnc3)C[C@@H]2C2CC2)C(=O)N1. The van der Waals surface area contributed by atoms with E-state index in [4.69, 9.17) is 0 Å². The van der Waals surface area contributed by atoms with Gasteiger partial charge in [0, 0.05) is 38.1 Å². The molecule has 3 fully saturated rings. The molecule has 4 amide bonds. The van der Waals surface area contributed by atoms with Crippen molar-refractivity contribution in [2.45, 2.75) is 25.4 Å². The average Bonchev–Trinajstić information content (AvgIpc) is 3.30. The van der Waals surface area contributed by atoms with Crippen LogP contribution in [0.25, 0.3) is 0 Å². The van der Waals surface area contributed by atoms with Gasteiger partial charge in [0.2, 0.25) is 11.8 Å². The van der Waals surface area contributed by atoms with Gasteiger partial charge in [0.25, 0.3) is 0 Å². The molecule has 8 heteroatoms. The van der Waals surface area contributed by atoms with Gasteiger partial charge in [0.05, 0.1) is 0 Å². The minimum Gasteiger partial charge on any atom is -0.350 e. The summed E-state index contributed by atoms with van der Waals surface area (Å²) in [6.07, 6.45) is 6.09. The number of rotatable bonds is 6. The van der Waals surface area contributed by atoms with Crippen LogP contribution in [-0.2, 0) is 16.1 Å². The van der Waals surface area contributed by atoms with E-state index < -0.39 is 6.03 Å². The van der Waals surface area contributed by atoms with E-state index >= 15 is 0 Å². The molecule has 0 bridgehead atoms. The molecular formula is C18H23N5O3. The Morgan fingerprint density at radius 2 is 2.15 bits per heavy atom. The zero-order valence-electron chi connectivity index (χ0n) is 14.6. The van der Waals surface area contributed by atoms with Crippen LogP contribution in [0.15, 0.2) is 24.5 Å². The molecule has 4 rings (SSSR count). The molecule has 2 N–H and O–H groups in total. The van der Waals surface area contributed by atoms with Crippen LogP contribution in [0.4, 0.5) is 4.79 Å². The number of urea groups is 1. The molecule has 2 saturated heterocycles. The fourth-order valence-electron chi connectivity index (χ4n) is 3.98. The largest absolute Gasteiger partial charge is 0.350 e. The van der Waals surface area contributed by atoms with Crippen molar-refractivity contribution in [2.75, 3.05) is 26.2 Å². The van der Waals surface area contributed by atoms with Crippen LogP contribution in [0, 0.1) is 11.8 Å². The number of likely N-dealkylation sites (tertiary alicyclic amines) is 1. The molecule has 0 aromatic carbocycles. The first-order chi connectivity index (χ1) is 12.6. The first-order valence-electron chi connectivity index (χ1n) is 9.08. The van der Waals surface area contributed by atoms with Crippen LogP contribution in [0.1, 0.15) is 18.4 Å². The quantitative estimate of drug-likeness (QED) is 0.697. The molecule has 1 aromatic rings. The molecule has 0 spiro atoms. The standard InChI is InChI=1S/C18H23N5O3/c24-16(10-23-11-17(25)21-18(23)26)20-15-9-22(8-14(15)13-3-4-13)7-12-2-1-5-19-6-12/h1-2,5-6,13-15H,3-4,7-11H2,(H,20,24)(H,21,25,26)/t14-,15+/m1/s1. The number of aromatic nitrogens is 1. The first kappa shape index (κ1) is 17.0. The van der Waals surface area contributed by atoms with Crippen LogP contribution >= 0.6 is 0 Å². The van der Waals surface area contributed by atoms with Crippen molar-refractivity contribution in [1.29, 1.82) is 0 Å². The molecule has 138 valence electrons. The summed E-state index contributed by atoms with van der Waals surface area (Å²) >= 11 is 0. The Labute approximate surface area is 151 Å². The zero-order chi connectivity index (χ0) is 18.1. The van der Waals surface area contributed by atoms with Crippen molar-refractivity contribution in [1.82, 2.24) is 25.4 Å². The highest BCUT2D eigenvalue weighted by molar-refractivity contribution is 6.03. The lowest BCUT2D eigenvalue weighted by atomic mass is 9.98. The third-order valence-corrected chi connectivity index (χ3v) is 5.35. The van der Waals surface area contributed by atoms with Crippen molar-refractivity contribution in [3.8, 4) is 0 Å². The zero-order valence-corrected chi connectivity index (χ0v) is 14.6. The summed E-state index contributed by atoms with van der Waals surface area (Å²) in [6.45, 7) is 2.47. The Balaban J connectivity index is 1.34. The lowest BCUT2D eigenvalue weighted by molar-refractivity contribution is -0.122. The van der Waals surface area contributed by atoms with Crippen LogP contribution in [-0.4, -0.2) is 64.9 Å². The van der Waals surface area contributed by atoms with E-state index in [2.05, 4.69) is 26.6 Å². The van der Waals surface area contributed by atoms with Gasteiger partial charge < -0.3 is 10.2 Å². The lowest BCUT2D eigenvalue weighted by Crippen LogP contribution is -2.46. The Bertz CT molecular complexity index is 706. The van der Waals surface area contributed by atoms with Crippen molar-refractivity contribution in [3.05, 3.63) is 30.1 Å². The van der Waals surface area contributed by atoms with Crippen molar-refractivity contribution >= 4 is 17.8 Å². The topological polar surface area (TPSA) is 94.6 Å². The third-order valence-electron chi connectivity index (χ3n) is 5.35. The fourth-order valence-corrected chi connectivity index (χ4v) is 3.98. The van der Waals surface area contributed by atoms with E-state index in [1.54, 1.807) is 6.20 Å². The maximum absolute atomic E-state index is 12.4. The lowest BCUT2D eigenvalue weighted by Gasteiger charge is -2.21. The van der Waals surface area contributed by atoms with Gasteiger partial charge in [-0.25, -0.2) is 4.79 Å². The average molecular weight is 357 g/mol. The number of hydrogen-bond acceptors (Lipinski definition) is 5. The minimum absolute atomic E-state index is 0.0455. The number of imide groups is 1. The first-order valence-corrected chi connectivity index (χ1v) is 9.08. The van der Waals surface area contributed by atoms with Gasteiger partial charge in [-0.2, -0.15) is 0 Å². The van der Waals surface area contributed by atoms with E-state index in [1.165, 1.54) is 23.3 Å². The molecule has 8 nitrogen and oxygen atoms in total. The molecule has 2 atom stereocenters. The molecule has 3 aliphatic rings.